The molecule has 0 saturated carbocycles. The van der Waals surface area contributed by atoms with Crippen LogP contribution in [0, 0.1) is 13.8 Å². The molecule has 0 aliphatic carbocycles. The van der Waals surface area contributed by atoms with Crippen LogP contribution in [0.2, 0.25) is 0 Å². The minimum Gasteiger partial charge on any atom is -0.464 e. The van der Waals surface area contributed by atoms with Crippen molar-refractivity contribution in [2.24, 2.45) is 0 Å². The zero-order valence-corrected chi connectivity index (χ0v) is 22.6. The first-order chi connectivity index (χ1) is 17.7. The molecule has 1 saturated heterocycles. The third kappa shape index (κ3) is 5.75. The molecule has 1 unspecified atom stereocenters. The number of aryl methyl sites for hydroxylation is 2. The Balaban J connectivity index is 1.40. The standard InChI is InChI=1S/C29H35N3O4S/c1-20-7-11-25(26(15-20)31-13-5-4-6-14-31)29(27-12-8-21(2)36-27)30-28(33)17-22-9-10-23-18-32(37(3,34)35)19-24(23)16-22/h7-12,15-16,29H,4-6,13-14,17-19H2,1-3H3,(H,30,33). The van der Waals surface area contributed by atoms with E-state index in [0.717, 1.165) is 46.8 Å². The van der Waals surface area contributed by atoms with E-state index in [1.807, 2.05) is 37.3 Å². The van der Waals surface area contributed by atoms with E-state index >= 15 is 0 Å². The van der Waals surface area contributed by atoms with Crippen molar-refractivity contribution < 1.29 is 17.6 Å². The molecule has 0 spiro atoms. The highest BCUT2D eigenvalue weighted by atomic mass is 32.2. The maximum Gasteiger partial charge on any atom is 0.225 e. The number of fused-ring (bicyclic) bond motifs is 1. The van der Waals surface area contributed by atoms with Crippen LogP contribution in [0.4, 0.5) is 5.69 Å². The maximum atomic E-state index is 13.4. The van der Waals surface area contributed by atoms with E-state index in [2.05, 4.69) is 35.3 Å². The van der Waals surface area contributed by atoms with Gasteiger partial charge < -0.3 is 14.6 Å². The highest BCUT2D eigenvalue weighted by Gasteiger charge is 2.28. The molecule has 2 aliphatic rings. The van der Waals surface area contributed by atoms with Gasteiger partial charge in [0.25, 0.3) is 0 Å². The summed E-state index contributed by atoms with van der Waals surface area (Å²) in [6, 6.07) is 15.7. The Morgan fingerprint density at radius 1 is 0.973 bits per heavy atom. The molecule has 0 bridgehead atoms. The lowest BCUT2D eigenvalue weighted by atomic mass is 9.97. The lowest BCUT2D eigenvalue weighted by molar-refractivity contribution is -0.121. The van der Waals surface area contributed by atoms with Crippen LogP contribution >= 0.6 is 0 Å². The second kappa shape index (κ2) is 10.3. The van der Waals surface area contributed by atoms with Crippen molar-refractivity contribution in [2.45, 2.75) is 58.7 Å². The number of rotatable bonds is 7. The van der Waals surface area contributed by atoms with Crippen molar-refractivity contribution in [3.05, 3.63) is 87.9 Å². The number of nitrogens with zero attached hydrogens (tertiary/aromatic N) is 2. The Bertz CT molecular complexity index is 1410. The number of hydrogen-bond acceptors (Lipinski definition) is 5. The van der Waals surface area contributed by atoms with Crippen LogP contribution in [0.3, 0.4) is 0 Å². The summed E-state index contributed by atoms with van der Waals surface area (Å²) in [5.41, 5.74) is 6.18. The molecule has 1 N–H and O–H groups in total. The van der Waals surface area contributed by atoms with E-state index in [4.69, 9.17) is 4.42 Å². The van der Waals surface area contributed by atoms with Crippen LogP contribution in [0.1, 0.15) is 64.6 Å². The molecule has 1 amide bonds. The highest BCUT2D eigenvalue weighted by Crippen LogP contribution is 2.34. The molecule has 37 heavy (non-hydrogen) atoms. The first-order valence-electron chi connectivity index (χ1n) is 12.9. The van der Waals surface area contributed by atoms with E-state index in [9.17, 15) is 13.2 Å². The second-order valence-corrected chi connectivity index (χ2v) is 12.4. The SMILES string of the molecule is Cc1ccc(C(NC(=O)Cc2ccc3c(c2)CN(S(C)(=O)=O)C3)c2ccc(C)o2)c(N2CCCCC2)c1. The summed E-state index contributed by atoms with van der Waals surface area (Å²) in [5.74, 6) is 1.41. The van der Waals surface area contributed by atoms with Gasteiger partial charge in [0, 0.05) is 37.4 Å². The number of carbonyl (C=O) groups is 1. The summed E-state index contributed by atoms with van der Waals surface area (Å²) in [6.07, 6.45) is 5.01. The molecule has 7 nitrogen and oxygen atoms in total. The van der Waals surface area contributed by atoms with E-state index in [-0.39, 0.29) is 12.3 Å². The fourth-order valence-corrected chi connectivity index (χ4v) is 6.12. The Kier molecular flexibility index (Phi) is 7.14. The molecular weight excluding hydrogens is 486 g/mol. The van der Waals surface area contributed by atoms with Gasteiger partial charge in [-0.05, 0) is 73.6 Å². The molecule has 1 aromatic heterocycles. The van der Waals surface area contributed by atoms with Crippen molar-refractivity contribution in [2.75, 3.05) is 24.2 Å². The number of nitrogens with one attached hydrogen (secondary N) is 1. The average molecular weight is 522 g/mol. The van der Waals surface area contributed by atoms with Gasteiger partial charge in [-0.1, -0.05) is 30.3 Å². The Labute approximate surface area is 219 Å². The molecule has 0 radical (unpaired) electrons. The van der Waals surface area contributed by atoms with Crippen LogP contribution in [0.5, 0.6) is 0 Å². The summed E-state index contributed by atoms with van der Waals surface area (Å²) in [5, 5.41) is 3.25. The van der Waals surface area contributed by atoms with Gasteiger partial charge in [0.2, 0.25) is 15.9 Å². The molecule has 3 aromatic rings. The molecule has 196 valence electrons. The predicted octanol–water partition coefficient (Wildman–Crippen LogP) is 4.61. The van der Waals surface area contributed by atoms with Crippen molar-refractivity contribution in [1.82, 2.24) is 9.62 Å². The fourth-order valence-electron chi connectivity index (χ4n) is 5.38. The Morgan fingerprint density at radius 2 is 1.73 bits per heavy atom. The minimum absolute atomic E-state index is 0.109. The summed E-state index contributed by atoms with van der Waals surface area (Å²) in [4.78, 5) is 15.8. The van der Waals surface area contributed by atoms with E-state index in [1.165, 1.54) is 35.4 Å². The summed E-state index contributed by atoms with van der Waals surface area (Å²) < 4.78 is 31.4. The van der Waals surface area contributed by atoms with Crippen LogP contribution < -0.4 is 10.2 Å². The van der Waals surface area contributed by atoms with Gasteiger partial charge in [0.15, 0.2) is 0 Å². The van der Waals surface area contributed by atoms with Gasteiger partial charge in [0.05, 0.1) is 12.7 Å². The quantitative estimate of drug-likeness (QED) is 0.491. The molecular formula is C29H35N3O4S. The highest BCUT2D eigenvalue weighted by molar-refractivity contribution is 7.88. The summed E-state index contributed by atoms with van der Waals surface area (Å²) in [6.45, 7) is 6.75. The summed E-state index contributed by atoms with van der Waals surface area (Å²) >= 11 is 0. The normalized spacial score (nSPS) is 17.0. The third-order valence-corrected chi connectivity index (χ3v) is 8.54. The molecule has 2 aliphatic heterocycles. The first-order valence-corrected chi connectivity index (χ1v) is 14.8. The second-order valence-electron chi connectivity index (χ2n) is 10.4. The number of amides is 1. The van der Waals surface area contributed by atoms with E-state index < -0.39 is 16.1 Å². The van der Waals surface area contributed by atoms with Gasteiger partial charge in [0.1, 0.15) is 17.6 Å². The van der Waals surface area contributed by atoms with Crippen LogP contribution in [0.25, 0.3) is 0 Å². The summed E-state index contributed by atoms with van der Waals surface area (Å²) in [7, 11) is -3.26. The number of benzene rings is 2. The third-order valence-electron chi connectivity index (χ3n) is 7.34. The number of sulfonamides is 1. The van der Waals surface area contributed by atoms with Crippen LogP contribution in [-0.2, 0) is 34.3 Å². The number of carbonyl (C=O) groups excluding carboxylic acids is 1. The first kappa shape index (κ1) is 25.5. The van der Waals surface area contributed by atoms with Gasteiger partial charge >= 0.3 is 0 Å². The topological polar surface area (TPSA) is 82.9 Å². The maximum absolute atomic E-state index is 13.4. The van der Waals surface area contributed by atoms with E-state index in [0.29, 0.717) is 18.8 Å². The van der Waals surface area contributed by atoms with Gasteiger partial charge in [-0.3, -0.25) is 4.79 Å². The zero-order chi connectivity index (χ0) is 26.2. The van der Waals surface area contributed by atoms with Crippen molar-refractivity contribution in [1.29, 1.82) is 0 Å². The molecule has 8 heteroatoms. The minimum atomic E-state index is -3.26. The molecule has 1 atom stereocenters. The Morgan fingerprint density at radius 3 is 2.43 bits per heavy atom. The predicted molar refractivity (Wildman–Crippen MR) is 145 cm³/mol. The van der Waals surface area contributed by atoms with Gasteiger partial charge in [-0.25, -0.2) is 8.42 Å². The molecule has 1 fully saturated rings. The van der Waals surface area contributed by atoms with Crippen molar-refractivity contribution in [3.8, 4) is 0 Å². The Hall–Kier alpha value is -3.10. The monoisotopic (exact) mass is 521 g/mol. The number of hydrogen-bond donors (Lipinski definition) is 1. The van der Waals surface area contributed by atoms with Crippen molar-refractivity contribution >= 4 is 21.6 Å². The lowest BCUT2D eigenvalue weighted by Crippen LogP contribution is -2.34. The fraction of sp³-hybridized carbons (Fsp3) is 0.414. The number of furan rings is 1. The van der Waals surface area contributed by atoms with Crippen molar-refractivity contribution in [3.63, 3.8) is 0 Å². The number of anilines is 1. The largest absolute Gasteiger partial charge is 0.464 e. The molecule has 3 heterocycles. The van der Waals surface area contributed by atoms with Gasteiger partial charge in [-0.15, -0.1) is 0 Å². The average Bonchev–Trinajstić information content (AvgIpc) is 3.49. The van der Waals surface area contributed by atoms with Crippen LogP contribution in [0.15, 0.2) is 52.9 Å². The lowest BCUT2D eigenvalue weighted by Gasteiger charge is -2.32. The number of piperidine rings is 1. The van der Waals surface area contributed by atoms with Gasteiger partial charge in [-0.2, -0.15) is 4.31 Å². The van der Waals surface area contributed by atoms with E-state index in [1.54, 1.807) is 0 Å². The smallest absolute Gasteiger partial charge is 0.225 e. The molecule has 2 aromatic carbocycles. The zero-order valence-electron chi connectivity index (χ0n) is 21.8. The molecule has 5 rings (SSSR count). The van der Waals surface area contributed by atoms with Crippen LogP contribution in [-0.4, -0.2) is 38.0 Å².